The van der Waals surface area contributed by atoms with Gasteiger partial charge in [0.2, 0.25) is 5.91 Å². The third kappa shape index (κ3) is 4.61. The molecule has 1 heterocycles. The number of carbonyl (C=O) groups excluding carboxylic acids is 2. The van der Waals surface area contributed by atoms with Crippen LogP contribution in [0, 0.1) is 5.92 Å². The standard InChI is InChI=1S/C24H31N3O2/c1-24(2,27-12-6-3-7-13-27)16-25-23(29)20-14-18-8-4-5-9-19(18)15-21(20)26-22(28)17-10-11-17/h4-5,8-9,14-15,17H,3,6-7,10-13,16H2,1-2H3,(H,25,29)(H,26,28). The number of hydrogen-bond acceptors (Lipinski definition) is 3. The summed E-state index contributed by atoms with van der Waals surface area (Å²) in [4.78, 5) is 27.9. The number of fused-ring (bicyclic) bond motifs is 1. The van der Waals surface area contributed by atoms with Gasteiger partial charge in [-0.25, -0.2) is 0 Å². The zero-order chi connectivity index (χ0) is 20.4. The smallest absolute Gasteiger partial charge is 0.253 e. The molecule has 2 amide bonds. The maximum absolute atomic E-state index is 13.1. The van der Waals surface area contributed by atoms with Crippen molar-refractivity contribution in [2.24, 2.45) is 5.92 Å². The molecule has 0 bridgehead atoms. The fourth-order valence-corrected chi connectivity index (χ4v) is 4.11. The predicted molar refractivity (Wildman–Crippen MR) is 117 cm³/mol. The number of hydrogen-bond donors (Lipinski definition) is 2. The lowest BCUT2D eigenvalue weighted by Gasteiger charge is -2.41. The van der Waals surface area contributed by atoms with Crippen molar-refractivity contribution in [3.63, 3.8) is 0 Å². The van der Waals surface area contributed by atoms with Crippen LogP contribution in [0.4, 0.5) is 5.69 Å². The highest BCUT2D eigenvalue weighted by atomic mass is 16.2. The van der Waals surface area contributed by atoms with Crippen LogP contribution in [0.5, 0.6) is 0 Å². The molecule has 4 rings (SSSR count). The van der Waals surface area contributed by atoms with E-state index in [1.54, 1.807) is 0 Å². The Kier molecular flexibility index (Phi) is 5.59. The molecule has 5 nitrogen and oxygen atoms in total. The molecule has 0 atom stereocenters. The molecule has 29 heavy (non-hydrogen) atoms. The first-order valence-corrected chi connectivity index (χ1v) is 10.8. The molecule has 2 aromatic rings. The molecular formula is C24H31N3O2. The van der Waals surface area contributed by atoms with Crippen LogP contribution in [0.1, 0.15) is 56.3 Å². The van der Waals surface area contributed by atoms with Crippen LogP contribution < -0.4 is 10.6 Å². The van der Waals surface area contributed by atoms with Gasteiger partial charge in [-0.3, -0.25) is 14.5 Å². The minimum absolute atomic E-state index is 0.0166. The van der Waals surface area contributed by atoms with E-state index in [2.05, 4.69) is 29.4 Å². The first kappa shape index (κ1) is 19.9. The zero-order valence-corrected chi connectivity index (χ0v) is 17.5. The van der Waals surface area contributed by atoms with Crippen molar-refractivity contribution in [2.45, 2.75) is 51.5 Å². The topological polar surface area (TPSA) is 61.4 Å². The Hall–Kier alpha value is -2.40. The second-order valence-electron chi connectivity index (χ2n) is 9.05. The van der Waals surface area contributed by atoms with Gasteiger partial charge in [-0.1, -0.05) is 30.7 Å². The van der Waals surface area contributed by atoms with E-state index in [1.807, 2.05) is 36.4 Å². The molecule has 1 aliphatic carbocycles. The number of likely N-dealkylation sites (tertiary alicyclic amines) is 1. The number of nitrogens with zero attached hydrogens (tertiary/aromatic N) is 1. The average Bonchev–Trinajstić information content (AvgIpc) is 3.58. The molecule has 2 aromatic carbocycles. The van der Waals surface area contributed by atoms with Gasteiger partial charge in [0.25, 0.3) is 5.91 Å². The first-order chi connectivity index (χ1) is 13.9. The lowest BCUT2D eigenvalue weighted by molar-refractivity contribution is -0.117. The predicted octanol–water partition coefficient (Wildman–Crippen LogP) is 4.18. The summed E-state index contributed by atoms with van der Waals surface area (Å²) in [6.45, 7) is 7.13. The number of rotatable bonds is 6. The van der Waals surface area contributed by atoms with E-state index in [1.165, 1.54) is 19.3 Å². The molecule has 0 radical (unpaired) electrons. The Morgan fingerprint density at radius 2 is 1.69 bits per heavy atom. The van der Waals surface area contributed by atoms with Gasteiger partial charge in [0, 0.05) is 18.0 Å². The fourth-order valence-electron chi connectivity index (χ4n) is 4.11. The number of amides is 2. The van der Waals surface area contributed by atoms with Crippen LogP contribution in [0.3, 0.4) is 0 Å². The summed E-state index contributed by atoms with van der Waals surface area (Å²) >= 11 is 0. The van der Waals surface area contributed by atoms with E-state index in [0.717, 1.165) is 36.7 Å². The second-order valence-corrected chi connectivity index (χ2v) is 9.05. The number of nitrogens with one attached hydrogen (secondary N) is 2. The summed E-state index contributed by atoms with van der Waals surface area (Å²) in [5.41, 5.74) is 1.05. The molecule has 2 N–H and O–H groups in total. The molecule has 2 aliphatic rings. The number of anilines is 1. The van der Waals surface area contributed by atoms with Gasteiger partial charge >= 0.3 is 0 Å². The third-order valence-electron chi connectivity index (χ3n) is 6.23. The number of carbonyl (C=O) groups is 2. The summed E-state index contributed by atoms with van der Waals surface area (Å²) in [7, 11) is 0. The summed E-state index contributed by atoms with van der Waals surface area (Å²) in [5.74, 6) is -0.0228. The number of benzene rings is 2. The summed E-state index contributed by atoms with van der Waals surface area (Å²) < 4.78 is 0. The van der Waals surface area contributed by atoms with Crippen LogP contribution >= 0.6 is 0 Å². The SMILES string of the molecule is CC(C)(CNC(=O)c1cc2ccccc2cc1NC(=O)C1CC1)N1CCCCC1. The minimum Gasteiger partial charge on any atom is -0.350 e. The van der Waals surface area contributed by atoms with Gasteiger partial charge in [-0.15, -0.1) is 0 Å². The van der Waals surface area contributed by atoms with Crippen LogP contribution in [-0.4, -0.2) is 41.9 Å². The van der Waals surface area contributed by atoms with Crippen LogP contribution in [0.25, 0.3) is 10.8 Å². The van der Waals surface area contributed by atoms with Gasteiger partial charge in [0.15, 0.2) is 0 Å². The quantitative estimate of drug-likeness (QED) is 0.774. The third-order valence-corrected chi connectivity index (χ3v) is 6.23. The lowest BCUT2D eigenvalue weighted by atomic mass is 9.98. The van der Waals surface area contributed by atoms with Crippen molar-refractivity contribution in [1.29, 1.82) is 0 Å². The molecule has 0 spiro atoms. The Morgan fingerprint density at radius 1 is 1.03 bits per heavy atom. The van der Waals surface area contributed by atoms with E-state index in [-0.39, 0.29) is 23.3 Å². The van der Waals surface area contributed by atoms with Crippen molar-refractivity contribution in [2.75, 3.05) is 25.0 Å². The van der Waals surface area contributed by atoms with E-state index < -0.39 is 0 Å². The van der Waals surface area contributed by atoms with Crippen LogP contribution in [-0.2, 0) is 4.79 Å². The highest BCUT2D eigenvalue weighted by molar-refractivity contribution is 6.08. The Morgan fingerprint density at radius 3 is 2.34 bits per heavy atom. The largest absolute Gasteiger partial charge is 0.350 e. The van der Waals surface area contributed by atoms with Gasteiger partial charge in [-0.05, 0) is 75.5 Å². The zero-order valence-electron chi connectivity index (χ0n) is 17.5. The molecule has 1 saturated carbocycles. The van der Waals surface area contributed by atoms with Crippen molar-refractivity contribution in [3.05, 3.63) is 42.0 Å². The molecule has 0 unspecified atom stereocenters. The highest BCUT2D eigenvalue weighted by Crippen LogP contribution is 2.32. The van der Waals surface area contributed by atoms with Gasteiger partial charge in [0.1, 0.15) is 0 Å². The summed E-state index contributed by atoms with van der Waals surface area (Å²) in [6, 6.07) is 11.7. The lowest BCUT2D eigenvalue weighted by Crippen LogP contribution is -2.53. The molecule has 1 saturated heterocycles. The van der Waals surface area contributed by atoms with E-state index in [0.29, 0.717) is 17.8 Å². The normalized spacial score (nSPS) is 17.9. The van der Waals surface area contributed by atoms with Gasteiger partial charge in [0.05, 0.1) is 11.3 Å². The van der Waals surface area contributed by atoms with Crippen molar-refractivity contribution in [3.8, 4) is 0 Å². The summed E-state index contributed by atoms with van der Waals surface area (Å²) in [5, 5.41) is 8.14. The molecule has 1 aliphatic heterocycles. The molecule has 2 fully saturated rings. The summed E-state index contributed by atoms with van der Waals surface area (Å²) in [6.07, 6.45) is 5.61. The second kappa shape index (κ2) is 8.15. The van der Waals surface area contributed by atoms with E-state index in [9.17, 15) is 9.59 Å². The number of piperidine rings is 1. The molecule has 0 aromatic heterocycles. The molecular weight excluding hydrogens is 362 g/mol. The maximum atomic E-state index is 13.1. The van der Waals surface area contributed by atoms with Gasteiger partial charge in [-0.2, -0.15) is 0 Å². The fraction of sp³-hybridized carbons (Fsp3) is 0.500. The van der Waals surface area contributed by atoms with Crippen molar-refractivity contribution < 1.29 is 9.59 Å². The monoisotopic (exact) mass is 393 g/mol. The van der Waals surface area contributed by atoms with Crippen molar-refractivity contribution in [1.82, 2.24) is 10.2 Å². The average molecular weight is 394 g/mol. The van der Waals surface area contributed by atoms with E-state index >= 15 is 0 Å². The van der Waals surface area contributed by atoms with E-state index in [4.69, 9.17) is 0 Å². The van der Waals surface area contributed by atoms with Crippen LogP contribution in [0.2, 0.25) is 0 Å². The Bertz CT molecular complexity index is 911. The van der Waals surface area contributed by atoms with Gasteiger partial charge < -0.3 is 10.6 Å². The molecule has 5 heteroatoms. The Balaban J connectivity index is 1.54. The first-order valence-electron chi connectivity index (χ1n) is 10.8. The minimum atomic E-state index is -0.132. The molecule has 154 valence electrons. The van der Waals surface area contributed by atoms with Crippen molar-refractivity contribution >= 4 is 28.3 Å². The highest BCUT2D eigenvalue weighted by Gasteiger charge is 2.31. The Labute approximate surface area is 172 Å². The maximum Gasteiger partial charge on any atom is 0.253 e. The van der Waals surface area contributed by atoms with Crippen LogP contribution in [0.15, 0.2) is 36.4 Å².